The monoisotopic (exact) mass is 333 g/mol. The molecule has 0 N–H and O–H groups in total. The van der Waals surface area contributed by atoms with Gasteiger partial charge >= 0.3 is 0 Å². The molecule has 0 unspecified atom stereocenters. The molecule has 1 fully saturated rings. The number of morpholine rings is 1. The van der Waals surface area contributed by atoms with Crippen LogP contribution in [0.3, 0.4) is 0 Å². The van der Waals surface area contributed by atoms with Crippen LogP contribution in [-0.2, 0) is 14.8 Å². The van der Waals surface area contributed by atoms with E-state index in [4.69, 9.17) is 21.1 Å². The topological polar surface area (TPSA) is 55.8 Å². The van der Waals surface area contributed by atoms with E-state index < -0.39 is 10.0 Å². The normalized spacial score (nSPS) is 16.9. The van der Waals surface area contributed by atoms with Crippen molar-refractivity contribution in [2.24, 2.45) is 0 Å². The van der Waals surface area contributed by atoms with E-state index in [0.717, 1.165) is 12.0 Å². The molecular weight excluding hydrogens is 314 g/mol. The predicted octanol–water partition coefficient (Wildman–Crippen LogP) is 2.46. The summed E-state index contributed by atoms with van der Waals surface area (Å²) in [5.74, 6) is 0.366. The first-order valence-electron chi connectivity index (χ1n) is 6.97. The molecule has 7 heteroatoms. The van der Waals surface area contributed by atoms with Crippen LogP contribution >= 0.6 is 11.6 Å². The van der Waals surface area contributed by atoms with Gasteiger partial charge < -0.3 is 9.47 Å². The van der Waals surface area contributed by atoms with Crippen molar-refractivity contribution in [1.29, 1.82) is 0 Å². The van der Waals surface area contributed by atoms with Gasteiger partial charge in [-0.2, -0.15) is 4.31 Å². The molecule has 1 aliphatic rings. The molecule has 2 rings (SSSR count). The van der Waals surface area contributed by atoms with E-state index in [1.807, 2.05) is 13.8 Å². The Morgan fingerprint density at radius 1 is 1.33 bits per heavy atom. The van der Waals surface area contributed by atoms with E-state index in [2.05, 4.69) is 0 Å². The van der Waals surface area contributed by atoms with Gasteiger partial charge in [-0.3, -0.25) is 0 Å². The van der Waals surface area contributed by atoms with Crippen molar-refractivity contribution in [3.63, 3.8) is 0 Å². The Kier molecular flexibility index (Phi) is 5.48. The Balaban J connectivity index is 2.42. The number of ether oxygens (including phenoxy) is 2. The molecule has 0 aliphatic carbocycles. The second-order valence-electron chi connectivity index (χ2n) is 4.91. The van der Waals surface area contributed by atoms with Gasteiger partial charge in [-0.25, -0.2) is 8.42 Å². The molecule has 1 aromatic carbocycles. The van der Waals surface area contributed by atoms with Crippen LogP contribution < -0.4 is 4.74 Å². The average Bonchev–Trinajstić information content (AvgIpc) is 2.48. The van der Waals surface area contributed by atoms with Gasteiger partial charge in [0, 0.05) is 18.1 Å². The number of nitrogens with zero attached hydrogens (tertiary/aromatic N) is 1. The second-order valence-corrected chi connectivity index (χ2v) is 7.23. The van der Waals surface area contributed by atoms with E-state index in [1.54, 1.807) is 6.07 Å². The van der Waals surface area contributed by atoms with Crippen LogP contribution in [-0.4, -0.2) is 45.6 Å². The smallest absolute Gasteiger partial charge is 0.246 e. The van der Waals surface area contributed by atoms with Crippen LogP contribution in [0.4, 0.5) is 0 Å². The minimum absolute atomic E-state index is 0.133. The summed E-state index contributed by atoms with van der Waals surface area (Å²) >= 11 is 6.10. The summed E-state index contributed by atoms with van der Waals surface area (Å²) in [4.78, 5) is 0.133. The quantitative estimate of drug-likeness (QED) is 0.830. The van der Waals surface area contributed by atoms with Gasteiger partial charge in [0.25, 0.3) is 0 Å². The van der Waals surface area contributed by atoms with Crippen molar-refractivity contribution >= 4 is 21.6 Å². The molecule has 0 radical (unpaired) electrons. The van der Waals surface area contributed by atoms with Crippen molar-refractivity contribution in [1.82, 2.24) is 4.31 Å². The van der Waals surface area contributed by atoms with E-state index >= 15 is 0 Å². The highest BCUT2D eigenvalue weighted by molar-refractivity contribution is 7.89. The summed E-state index contributed by atoms with van der Waals surface area (Å²) in [7, 11) is -3.62. The molecule has 0 bridgehead atoms. The molecule has 118 valence electrons. The zero-order valence-corrected chi connectivity index (χ0v) is 13.8. The van der Waals surface area contributed by atoms with Gasteiger partial charge in [-0.05, 0) is 31.0 Å². The van der Waals surface area contributed by atoms with Crippen molar-refractivity contribution < 1.29 is 17.9 Å². The van der Waals surface area contributed by atoms with Crippen LogP contribution in [0.25, 0.3) is 0 Å². The van der Waals surface area contributed by atoms with Crippen LogP contribution in [0.1, 0.15) is 18.9 Å². The molecule has 1 heterocycles. The number of benzene rings is 1. The van der Waals surface area contributed by atoms with Crippen molar-refractivity contribution in [3.8, 4) is 5.75 Å². The SMILES string of the molecule is CCCOc1cc(C)c(Cl)cc1S(=O)(=O)N1CCOCC1. The number of sulfonamides is 1. The zero-order chi connectivity index (χ0) is 15.5. The molecule has 0 atom stereocenters. The van der Waals surface area contributed by atoms with E-state index in [1.165, 1.54) is 10.4 Å². The highest BCUT2D eigenvalue weighted by Crippen LogP contribution is 2.32. The van der Waals surface area contributed by atoms with Crippen LogP contribution in [0.5, 0.6) is 5.75 Å². The summed E-state index contributed by atoms with van der Waals surface area (Å²) in [6.45, 7) is 5.77. The maximum Gasteiger partial charge on any atom is 0.246 e. The minimum atomic E-state index is -3.62. The van der Waals surface area contributed by atoms with Gasteiger partial charge in [0.2, 0.25) is 10.0 Å². The van der Waals surface area contributed by atoms with Gasteiger partial charge in [0.15, 0.2) is 0 Å². The van der Waals surface area contributed by atoms with Gasteiger partial charge in [-0.1, -0.05) is 18.5 Å². The lowest BCUT2D eigenvalue weighted by molar-refractivity contribution is 0.0729. The molecule has 0 amide bonds. The third-order valence-electron chi connectivity index (χ3n) is 3.27. The lowest BCUT2D eigenvalue weighted by Crippen LogP contribution is -2.40. The summed E-state index contributed by atoms with van der Waals surface area (Å²) in [6.07, 6.45) is 0.804. The first kappa shape index (κ1) is 16.5. The summed E-state index contributed by atoms with van der Waals surface area (Å²) in [5, 5.41) is 0.422. The van der Waals surface area contributed by atoms with E-state index in [9.17, 15) is 8.42 Å². The molecular formula is C14H20ClNO4S. The van der Waals surface area contributed by atoms with Gasteiger partial charge in [0.05, 0.1) is 19.8 Å². The Hall–Kier alpha value is -0.820. The first-order valence-corrected chi connectivity index (χ1v) is 8.79. The molecule has 1 saturated heterocycles. The molecule has 0 saturated carbocycles. The number of rotatable bonds is 5. The molecule has 0 aromatic heterocycles. The minimum Gasteiger partial charge on any atom is -0.492 e. The van der Waals surface area contributed by atoms with Crippen molar-refractivity contribution in [2.75, 3.05) is 32.9 Å². The Morgan fingerprint density at radius 3 is 2.62 bits per heavy atom. The zero-order valence-electron chi connectivity index (χ0n) is 12.3. The fraction of sp³-hybridized carbons (Fsp3) is 0.571. The van der Waals surface area contributed by atoms with Crippen molar-refractivity contribution in [2.45, 2.75) is 25.2 Å². The molecule has 5 nitrogen and oxygen atoms in total. The number of aryl methyl sites for hydroxylation is 1. The van der Waals surface area contributed by atoms with Crippen molar-refractivity contribution in [3.05, 3.63) is 22.7 Å². The van der Waals surface area contributed by atoms with E-state index in [-0.39, 0.29) is 4.90 Å². The molecule has 1 aromatic rings. The van der Waals surface area contributed by atoms with Crippen LogP contribution in [0.15, 0.2) is 17.0 Å². The summed E-state index contributed by atoms with van der Waals surface area (Å²) in [5.41, 5.74) is 0.795. The standard InChI is InChI=1S/C14H20ClNO4S/c1-3-6-20-13-9-11(2)12(15)10-14(13)21(17,18)16-4-7-19-8-5-16/h9-10H,3-8H2,1-2H3. The summed E-state index contributed by atoms with van der Waals surface area (Å²) < 4.78 is 37.8. The third kappa shape index (κ3) is 3.69. The fourth-order valence-corrected chi connectivity index (χ4v) is 3.86. The fourth-order valence-electron chi connectivity index (χ4n) is 2.09. The maximum absolute atomic E-state index is 12.8. The van der Waals surface area contributed by atoms with Crippen LogP contribution in [0, 0.1) is 6.92 Å². The second kappa shape index (κ2) is 6.96. The van der Waals surface area contributed by atoms with Gasteiger partial charge in [0.1, 0.15) is 10.6 Å². The first-order chi connectivity index (χ1) is 9.96. The maximum atomic E-state index is 12.8. The Bertz CT molecular complexity index is 597. The molecule has 21 heavy (non-hydrogen) atoms. The summed E-state index contributed by atoms with van der Waals surface area (Å²) in [6, 6.07) is 3.16. The lowest BCUT2D eigenvalue weighted by Gasteiger charge is -2.27. The highest BCUT2D eigenvalue weighted by atomic mass is 35.5. The van der Waals surface area contributed by atoms with Gasteiger partial charge in [-0.15, -0.1) is 0 Å². The predicted molar refractivity (Wildman–Crippen MR) is 81.6 cm³/mol. The number of hydrogen-bond donors (Lipinski definition) is 0. The lowest BCUT2D eigenvalue weighted by atomic mass is 10.2. The molecule has 1 aliphatic heterocycles. The Morgan fingerprint density at radius 2 is 2.00 bits per heavy atom. The largest absolute Gasteiger partial charge is 0.492 e. The van der Waals surface area contributed by atoms with Crippen LogP contribution in [0.2, 0.25) is 5.02 Å². The third-order valence-corrected chi connectivity index (χ3v) is 5.60. The molecule has 0 spiro atoms. The highest BCUT2D eigenvalue weighted by Gasteiger charge is 2.30. The number of halogens is 1. The van der Waals surface area contributed by atoms with E-state index in [0.29, 0.717) is 43.7 Å². The average molecular weight is 334 g/mol. The Labute approximate surface area is 130 Å². The number of hydrogen-bond acceptors (Lipinski definition) is 4.